The molecule has 0 aliphatic heterocycles. The maximum atomic E-state index is 11.0. The SMILES string of the molecule is CCCCCCCC(CCCCC)CCCCCCC(O)CN(CCCCCO)CC(O)CCCCCCC(CCCCC)CCCCCCC.O=CO.O=CO. The van der Waals surface area contributed by atoms with Crippen LogP contribution in [0.1, 0.15) is 252 Å². The molecule has 4 atom stereocenters. The van der Waals surface area contributed by atoms with Gasteiger partial charge in [-0.3, -0.25) is 14.5 Å². The number of hydrogen-bond donors (Lipinski definition) is 5. The van der Waals surface area contributed by atoms with Crippen LogP contribution in [0.4, 0.5) is 0 Å². The van der Waals surface area contributed by atoms with Gasteiger partial charge in [-0.05, 0) is 50.5 Å². The summed E-state index contributed by atoms with van der Waals surface area (Å²) in [5, 5.41) is 45.0. The second-order valence-electron chi connectivity index (χ2n) is 17.2. The van der Waals surface area contributed by atoms with Crippen molar-refractivity contribution in [3.8, 4) is 0 Å². The summed E-state index contributed by atoms with van der Waals surface area (Å²) in [4.78, 5) is 19.0. The Labute approximate surface area is 354 Å². The molecule has 4 unspecified atom stereocenters. The molecule has 0 rings (SSSR count). The van der Waals surface area contributed by atoms with Crippen LogP contribution >= 0.6 is 0 Å². The van der Waals surface area contributed by atoms with Gasteiger partial charge in [0.05, 0.1) is 12.2 Å². The molecule has 0 aromatic heterocycles. The second-order valence-corrected chi connectivity index (χ2v) is 17.2. The van der Waals surface area contributed by atoms with E-state index in [-0.39, 0.29) is 31.8 Å². The first-order chi connectivity index (χ1) is 27.8. The summed E-state index contributed by atoms with van der Waals surface area (Å²) in [5.74, 6) is 1.86. The molecular weight excluding hydrogens is 715 g/mol. The third kappa shape index (κ3) is 50.9. The van der Waals surface area contributed by atoms with E-state index < -0.39 is 0 Å². The van der Waals surface area contributed by atoms with E-state index in [9.17, 15) is 15.3 Å². The average molecular weight is 816 g/mol. The van der Waals surface area contributed by atoms with Crippen LogP contribution in [0.2, 0.25) is 0 Å². The topological polar surface area (TPSA) is 139 Å². The van der Waals surface area contributed by atoms with E-state index in [1.54, 1.807) is 0 Å². The molecule has 5 N–H and O–H groups in total. The monoisotopic (exact) mass is 816 g/mol. The number of hydrogen-bond acceptors (Lipinski definition) is 6. The fraction of sp³-hybridized carbons (Fsp3) is 0.959. The molecule has 0 amide bonds. The summed E-state index contributed by atoms with van der Waals surface area (Å²) in [7, 11) is 0. The van der Waals surface area contributed by atoms with Crippen molar-refractivity contribution in [2.75, 3.05) is 26.2 Å². The lowest BCUT2D eigenvalue weighted by Gasteiger charge is -2.27. The molecule has 344 valence electrons. The third-order valence-corrected chi connectivity index (χ3v) is 11.7. The molecule has 0 aromatic carbocycles. The zero-order valence-electron chi connectivity index (χ0n) is 38.5. The number of nitrogens with zero attached hydrogens (tertiary/aromatic N) is 1. The predicted molar refractivity (Wildman–Crippen MR) is 244 cm³/mol. The van der Waals surface area contributed by atoms with Crippen LogP contribution in [-0.2, 0) is 9.59 Å². The lowest BCUT2D eigenvalue weighted by atomic mass is 9.89. The largest absolute Gasteiger partial charge is 0.483 e. The van der Waals surface area contributed by atoms with Gasteiger partial charge in [0.15, 0.2) is 0 Å². The Bertz CT molecular complexity index is 689. The summed E-state index contributed by atoms with van der Waals surface area (Å²) in [5.41, 5.74) is 0. The number of carbonyl (C=O) groups is 2. The third-order valence-electron chi connectivity index (χ3n) is 11.7. The normalized spacial score (nSPS) is 13.3. The highest BCUT2D eigenvalue weighted by molar-refractivity contribution is 5.33. The van der Waals surface area contributed by atoms with E-state index >= 15 is 0 Å². The van der Waals surface area contributed by atoms with E-state index in [0.29, 0.717) is 13.1 Å². The van der Waals surface area contributed by atoms with Gasteiger partial charge in [-0.15, -0.1) is 0 Å². The summed E-state index contributed by atoms with van der Waals surface area (Å²) < 4.78 is 0. The second kappa shape index (κ2) is 52.8. The Balaban J connectivity index is -0.00000454. The van der Waals surface area contributed by atoms with Crippen molar-refractivity contribution in [2.24, 2.45) is 11.8 Å². The van der Waals surface area contributed by atoms with Crippen molar-refractivity contribution in [1.29, 1.82) is 0 Å². The van der Waals surface area contributed by atoms with Crippen LogP contribution in [-0.4, -0.2) is 81.8 Å². The number of rotatable bonds is 43. The Morgan fingerprint density at radius 3 is 0.930 bits per heavy atom. The van der Waals surface area contributed by atoms with E-state index in [4.69, 9.17) is 19.8 Å². The van der Waals surface area contributed by atoms with Gasteiger partial charge in [0.2, 0.25) is 0 Å². The van der Waals surface area contributed by atoms with Gasteiger partial charge in [-0.2, -0.15) is 0 Å². The first-order valence-electron chi connectivity index (χ1n) is 24.7. The lowest BCUT2D eigenvalue weighted by molar-refractivity contribution is -0.123. The van der Waals surface area contributed by atoms with Gasteiger partial charge >= 0.3 is 0 Å². The number of aliphatic hydroxyl groups excluding tert-OH is 3. The van der Waals surface area contributed by atoms with Crippen molar-refractivity contribution in [3.05, 3.63) is 0 Å². The van der Waals surface area contributed by atoms with E-state index in [2.05, 4.69) is 32.6 Å². The van der Waals surface area contributed by atoms with E-state index in [1.807, 2.05) is 0 Å². The van der Waals surface area contributed by atoms with Gasteiger partial charge in [0.1, 0.15) is 0 Å². The maximum Gasteiger partial charge on any atom is 0.290 e. The molecule has 0 aliphatic rings. The molecule has 8 heteroatoms. The molecule has 0 radical (unpaired) electrons. The maximum absolute atomic E-state index is 11.0. The summed E-state index contributed by atoms with van der Waals surface area (Å²) in [6.07, 6.45) is 44.7. The molecule has 0 spiro atoms. The van der Waals surface area contributed by atoms with Crippen molar-refractivity contribution in [1.82, 2.24) is 4.90 Å². The summed E-state index contributed by atoms with van der Waals surface area (Å²) >= 11 is 0. The highest BCUT2D eigenvalue weighted by Gasteiger charge is 2.16. The molecule has 0 saturated carbocycles. The fourth-order valence-electron chi connectivity index (χ4n) is 8.30. The van der Waals surface area contributed by atoms with Crippen molar-refractivity contribution < 1.29 is 35.1 Å². The lowest BCUT2D eigenvalue weighted by Crippen LogP contribution is -2.38. The van der Waals surface area contributed by atoms with Gasteiger partial charge in [0.25, 0.3) is 12.9 Å². The average Bonchev–Trinajstić information content (AvgIpc) is 3.19. The van der Waals surface area contributed by atoms with Crippen LogP contribution < -0.4 is 0 Å². The molecule has 0 aromatic rings. The summed E-state index contributed by atoms with van der Waals surface area (Å²) in [6.45, 7) is 11.2. The van der Waals surface area contributed by atoms with Crippen molar-refractivity contribution in [3.63, 3.8) is 0 Å². The van der Waals surface area contributed by atoms with Gasteiger partial charge in [-0.1, -0.05) is 220 Å². The number of unbranched alkanes of at least 4 members (excludes halogenated alkanes) is 20. The Morgan fingerprint density at radius 1 is 0.386 bits per heavy atom. The van der Waals surface area contributed by atoms with Gasteiger partial charge in [-0.25, -0.2) is 0 Å². The molecule has 57 heavy (non-hydrogen) atoms. The standard InChI is InChI=1S/C47H97NO3.2CH2O2/c1-5-9-13-15-24-34-44(32-22-11-7-3)36-26-17-19-28-38-46(50)42-48(40-30-21-31-41-49)43-47(51)39-29-20-18-27-37-45(33-23-12-8-4)35-25-16-14-10-6-2;2*2-1-3/h44-47,49-51H,5-43H2,1-4H3;2*1H,(H,2,3). The molecule has 0 heterocycles. The minimum Gasteiger partial charge on any atom is -0.483 e. The Kier molecular flexibility index (Phi) is 55.7. The van der Waals surface area contributed by atoms with Gasteiger partial charge < -0.3 is 25.5 Å². The number of carboxylic acid groups (broad SMARTS) is 2. The molecule has 8 nitrogen and oxygen atoms in total. The van der Waals surface area contributed by atoms with E-state index in [0.717, 1.165) is 63.3 Å². The smallest absolute Gasteiger partial charge is 0.290 e. The molecular formula is C49H101NO7. The Morgan fingerprint density at radius 2 is 0.632 bits per heavy atom. The fourth-order valence-corrected chi connectivity index (χ4v) is 8.30. The zero-order chi connectivity index (χ0) is 42.9. The minimum absolute atomic E-state index is 0.250. The molecule has 0 aliphatic carbocycles. The van der Waals surface area contributed by atoms with Gasteiger partial charge in [0, 0.05) is 19.7 Å². The molecule has 0 saturated heterocycles. The van der Waals surface area contributed by atoms with Crippen LogP contribution in [0, 0.1) is 11.8 Å². The number of aliphatic hydroxyl groups is 3. The van der Waals surface area contributed by atoms with Crippen molar-refractivity contribution in [2.45, 2.75) is 265 Å². The van der Waals surface area contributed by atoms with Crippen LogP contribution in [0.25, 0.3) is 0 Å². The first-order valence-corrected chi connectivity index (χ1v) is 24.7. The van der Waals surface area contributed by atoms with Crippen LogP contribution in [0.15, 0.2) is 0 Å². The van der Waals surface area contributed by atoms with E-state index in [1.165, 1.54) is 180 Å². The quantitative estimate of drug-likeness (QED) is 0.0303. The highest BCUT2D eigenvalue weighted by Crippen LogP contribution is 2.26. The molecule has 0 fully saturated rings. The van der Waals surface area contributed by atoms with Crippen molar-refractivity contribution >= 4 is 12.9 Å². The molecule has 0 bridgehead atoms. The predicted octanol–water partition coefficient (Wildman–Crippen LogP) is 13.4. The zero-order valence-corrected chi connectivity index (χ0v) is 38.5. The first kappa shape index (κ1) is 60.1. The van der Waals surface area contributed by atoms with Crippen LogP contribution in [0.3, 0.4) is 0 Å². The highest BCUT2D eigenvalue weighted by atomic mass is 16.3. The summed E-state index contributed by atoms with van der Waals surface area (Å²) in [6, 6.07) is 0. The Hall–Kier alpha value is -1.22. The minimum atomic E-state index is -0.308. The van der Waals surface area contributed by atoms with Crippen LogP contribution in [0.5, 0.6) is 0 Å².